The summed E-state index contributed by atoms with van der Waals surface area (Å²) in [5.74, 6) is 0.874. The fraction of sp³-hybridized carbons (Fsp3) is 0.667. The van der Waals surface area contributed by atoms with E-state index in [9.17, 15) is 4.79 Å². The smallest absolute Gasteiger partial charge is 0.223 e. The number of fused-ring (bicyclic) bond motifs is 2. The van der Waals surface area contributed by atoms with Crippen LogP contribution in [0.5, 0.6) is 0 Å². The minimum Gasteiger partial charge on any atom is -0.370 e. The van der Waals surface area contributed by atoms with Gasteiger partial charge in [0.2, 0.25) is 5.91 Å². The van der Waals surface area contributed by atoms with Gasteiger partial charge in [-0.15, -0.1) is 0 Å². The summed E-state index contributed by atoms with van der Waals surface area (Å²) in [6, 6.07) is 9.83. The maximum atomic E-state index is 13.0. The molecular weight excluding hydrogens is 312 g/mol. The third kappa shape index (κ3) is 3.61. The Morgan fingerprint density at radius 1 is 1.24 bits per heavy atom. The SMILES string of the molecule is Cc1ccccc1C1CN(C(=O)CC2CC3CCC(C2)N3)C(C)CO1. The normalized spacial score (nSPS) is 35.0. The predicted molar refractivity (Wildman–Crippen MR) is 98.3 cm³/mol. The van der Waals surface area contributed by atoms with Gasteiger partial charge in [-0.1, -0.05) is 24.3 Å². The molecule has 3 fully saturated rings. The van der Waals surface area contributed by atoms with Gasteiger partial charge in [-0.05, 0) is 56.6 Å². The van der Waals surface area contributed by atoms with Crippen LogP contribution in [0.25, 0.3) is 0 Å². The van der Waals surface area contributed by atoms with Crippen LogP contribution in [0.3, 0.4) is 0 Å². The number of aryl methyl sites for hydroxylation is 1. The van der Waals surface area contributed by atoms with Gasteiger partial charge in [-0.25, -0.2) is 0 Å². The molecular formula is C21H30N2O2. The first-order valence-electron chi connectivity index (χ1n) is 9.83. The van der Waals surface area contributed by atoms with Crippen LogP contribution < -0.4 is 5.32 Å². The molecule has 0 spiro atoms. The zero-order valence-electron chi connectivity index (χ0n) is 15.4. The Morgan fingerprint density at radius 2 is 1.96 bits per heavy atom. The van der Waals surface area contributed by atoms with Crippen LogP contribution in [0.15, 0.2) is 24.3 Å². The largest absolute Gasteiger partial charge is 0.370 e. The van der Waals surface area contributed by atoms with E-state index in [0.717, 1.165) is 0 Å². The number of ether oxygens (including phenoxy) is 1. The van der Waals surface area contributed by atoms with E-state index in [4.69, 9.17) is 4.74 Å². The molecule has 3 heterocycles. The van der Waals surface area contributed by atoms with Crippen molar-refractivity contribution in [2.75, 3.05) is 13.2 Å². The van der Waals surface area contributed by atoms with Gasteiger partial charge < -0.3 is 15.0 Å². The lowest BCUT2D eigenvalue weighted by Gasteiger charge is -2.40. The molecule has 3 saturated heterocycles. The minimum absolute atomic E-state index is 0.00514. The molecule has 1 aromatic rings. The Morgan fingerprint density at radius 3 is 2.68 bits per heavy atom. The zero-order chi connectivity index (χ0) is 17.4. The summed E-state index contributed by atoms with van der Waals surface area (Å²) in [6.45, 7) is 5.54. The van der Waals surface area contributed by atoms with Gasteiger partial charge >= 0.3 is 0 Å². The Balaban J connectivity index is 1.41. The van der Waals surface area contributed by atoms with Crippen LogP contribution >= 0.6 is 0 Å². The van der Waals surface area contributed by atoms with Gasteiger partial charge in [0.05, 0.1) is 19.2 Å². The van der Waals surface area contributed by atoms with Gasteiger partial charge in [-0.2, -0.15) is 0 Å². The molecule has 3 aliphatic rings. The van der Waals surface area contributed by atoms with Crippen molar-refractivity contribution in [1.29, 1.82) is 0 Å². The van der Waals surface area contributed by atoms with Crippen LogP contribution in [0, 0.1) is 12.8 Å². The van der Waals surface area contributed by atoms with Gasteiger partial charge in [0, 0.05) is 18.5 Å². The molecule has 1 N–H and O–H groups in total. The maximum absolute atomic E-state index is 13.0. The Bertz CT molecular complexity index is 620. The highest BCUT2D eigenvalue weighted by Gasteiger charge is 2.37. The molecule has 1 aromatic carbocycles. The first-order chi connectivity index (χ1) is 12.1. The number of carbonyl (C=O) groups is 1. The average Bonchev–Trinajstić information content (AvgIpc) is 2.94. The number of amides is 1. The summed E-state index contributed by atoms with van der Waals surface area (Å²) in [5, 5.41) is 3.67. The Labute approximate surface area is 150 Å². The summed E-state index contributed by atoms with van der Waals surface area (Å²) in [7, 11) is 0. The van der Waals surface area contributed by atoms with Crippen molar-refractivity contribution in [2.45, 2.75) is 70.2 Å². The van der Waals surface area contributed by atoms with E-state index in [0.29, 0.717) is 43.5 Å². The minimum atomic E-state index is 0.00514. The molecule has 136 valence electrons. The van der Waals surface area contributed by atoms with Crippen LogP contribution in [0.1, 0.15) is 56.3 Å². The predicted octanol–water partition coefficient (Wildman–Crippen LogP) is 3.20. The van der Waals surface area contributed by atoms with Crippen LogP contribution in [-0.4, -0.2) is 42.1 Å². The molecule has 2 bridgehead atoms. The first-order valence-corrected chi connectivity index (χ1v) is 9.83. The number of hydrogen-bond donors (Lipinski definition) is 1. The van der Waals surface area contributed by atoms with E-state index < -0.39 is 0 Å². The first kappa shape index (κ1) is 17.0. The van der Waals surface area contributed by atoms with Crippen molar-refractivity contribution < 1.29 is 9.53 Å². The Kier molecular flexibility index (Phi) is 4.83. The molecule has 1 amide bonds. The number of hydrogen-bond acceptors (Lipinski definition) is 3. The van der Waals surface area contributed by atoms with E-state index in [-0.39, 0.29) is 12.1 Å². The molecule has 0 aromatic heterocycles. The quantitative estimate of drug-likeness (QED) is 0.917. The summed E-state index contributed by atoms with van der Waals surface area (Å²) < 4.78 is 6.07. The second kappa shape index (κ2) is 7.08. The highest BCUT2D eigenvalue weighted by molar-refractivity contribution is 5.77. The number of benzene rings is 1. The molecule has 0 aliphatic carbocycles. The summed E-state index contributed by atoms with van der Waals surface area (Å²) in [6.07, 6.45) is 5.63. The highest BCUT2D eigenvalue weighted by Crippen LogP contribution is 2.34. The van der Waals surface area contributed by atoms with Crippen molar-refractivity contribution in [3.8, 4) is 0 Å². The number of morpholine rings is 1. The highest BCUT2D eigenvalue weighted by atomic mass is 16.5. The van der Waals surface area contributed by atoms with E-state index in [1.54, 1.807) is 0 Å². The molecule has 3 aliphatic heterocycles. The van der Waals surface area contributed by atoms with E-state index in [1.807, 2.05) is 0 Å². The van der Waals surface area contributed by atoms with Crippen LogP contribution in [0.2, 0.25) is 0 Å². The standard InChI is InChI=1S/C21H30N2O2/c1-14-5-3-4-6-19(14)20-12-23(15(2)13-25-20)21(24)11-16-9-17-7-8-18(10-16)22-17/h3-6,15-18,20,22H,7-13H2,1-2H3. The fourth-order valence-electron chi connectivity index (χ4n) is 4.95. The van der Waals surface area contributed by atoms with Crippen molar-refractivity contribution >= 4 is 5.91 Å². The number of nitrogens with zero attached hydrogens (tertiary/aromatic N) is 1. The molecule has 4 nitrogen and oxygen atoms in total. The Hall–Kier alpha value is -1.39. The lowest BCUT2D eigenvalue weighted by Crippen LogP contribution is -2.49. The van der Waals surface area contributed by atoms with E-state index >= 15 is 0 Å². The topological polar surface area (TPSA) is 41.6 Å². The molecule has 0 saturated carbocycles. The second-order valence-corrected chi connectivity index (χ2v) is 8.25. The van der Waals surface area contributed by atoms with E-state index in [1.165, 1.54) is 36.8 Å². The fourth-order valence-corrected chi connectivity index (χ4v) is 4.95. The van der Waals surface area contributed by atoms with Crippen molar-refractivity contribution in [3.05, 3.63) is 35.4 Å². The lowest BCUT2D eigenvalue weighted by molar-refractivity contribution is -0.145. The summed E-state index contributed by atoms with van der Waals surface area (Å²) >= 11 is 0. The lowest BCUT2D eigenvalue weighted by atomic mass is 9.89. The van der Waals surface area contributed by atoms with Crippen molar-refractivity contribution in [1.82, 2.24) is 10.2 Å². The van der Waals surface area contributed by atoms with Gasteiger partial charge in [-0.3, -0.25) is 4.79 Å². The zero-order valence-corrected chi connectivity index (χ0v) is 15.4. The van der Waals surface area contributed by atoms with Gasteiger partial charge in [0.15, 0.2) is 0 Å². The third-order valence-electron chi connectivity index (χ3n) is 6.32. The molecule has 0 radical (unpaired) electrons. The maximum Gasteiger partial charge on any atom is 0.223 e. The molecule has 4 unspecified atom stereocenters. The average molecular weight is 342 g/mol. The van der Waals surface area contributed by atoms with Gasteiger partial charge in [0.25, 0.3) is 0 Å². The number of carbonyl (C=O) groups excluding carboxylic acids is 1. The van der Waals surface area contributed by atoms with Crippen LogP contribution in [0.4, 0.5) is 0 Å². The number of rotatable bonds is 3. The number of nitrogens with one attached hydrogen (secondary N) is 1. The summed E-state index contributed by atoms with van der Waals surface area (Å²) in [5.41, 5.74) is 2.46. The van der Waals surface area contributed by atoms with E-state index in [2.05, 4.69) is 48.3 Å². The molecule has 4 atom stereocenters. The number of piperidine rings is 1. The van der Waals surface area contributed by atoms with Crippen LogP contribution in [-0.2, 0) is 9.53 Å². The van der Waals surface area contributed by atoms with Crippen molar-refractivity contribution in [3.63, 3.8) is 0 Å². The summed E-state index contributed by atoms with van der Waals surface area (Å²) in [4.78, 5) is 15.1. The third-order valence-corrected chi connectivity index (χ3v) is 6.32. The second-order valence-electron chi connectivity index (χ2n) is 8.25. The molecule has 4 heteroatoms. The molecule has 4 rings (SSSR count). The van der Waals surface area contributed by atoms with Gasteiger partial charge in [0.1, 0.15) is 6.10 Å². The van der Waals surface area contributed by atoms with Crippen molar-refractivity contribution in [2.24, 2.45) is 5.92 Å². The monoisotopic (exact) mass is 342 g/mol. The molecule has 25 heavy (non-hydrogen) atoms.